The minimum absolute atomic E-state index is 0.0182. The second-order valence-corrected chi connectivity index (χ2v) is 7.36. The van der Waals surface area contributed by atoms with Crippen LogP contribution in [-0.4, -0.2) is 58.2 Å². The molecule has 0 bridgehead atoms. The van der Waals surface area contributed by atoms with Crippen LogP contribution in [0.2, 0.25) is 0 Å². The van der Waals surface area contributed by atoms with Crippen molar-refractivity contribution in [2.45, 2.75) is 44.4 Å². The topological polar surface area (TPSA) is 81.9 Å². The van der Waals surface area contributed by atoms with Crippen molar-refractivity contribution in [3.63, 3.8) is 0 Å². The first-order valence-electron chi connectivity index (χ1n) is 9.74. The van der Waals surface area contributed by atoms with Gasteiger partial charge in [-0.1, -0.05) is 0 Å². The van der Waals surface area contributed by atoms with E-state index < -0.39 is 12.0 Å². The highest BCUT2D eigenvalue weighted by atomic mass is 19.4. The molecule has 2 aliphatic rings. The van der Waals surface area contributed by atoms with E-state index >= 15 is 0 Å². The molecule has 0 saturated carbocycles. The summed E-state index contributed by atoms with van der Waals surface area (Å²) in [4.78, 5) is 14.2. The number of piperidine rings is 1. The maximum atomic E-state index is 13.0. The Morgan fingerprint density at radius 2 is 1.97 bits per heavy atom. The third kappa shape index (κ3) is 4.44. The number of esters is 1. The van der Waals surface area contributed by atoms with E-state index in [1.54, 1.807) is 6.07 Å². The van der Waals surface area contributed by atoms with Gasteiger partial charge in [-0.05, 0) is 44.2 Å². The Kier molecular flexibility index (Phi) is 5.57. The number of aromatic nitrogens is 4. The summed E-state index contributed by atoms with van der Waals surface area (Å²) < 4.78 is 50.8. The lowest BCUT2D eigenvalue weighted by atomic mass is 9.97. The first kappa shape index (κ1) is 19.9. The van der Waals surface area contributed by atoms with E-state index in [1.807, 2.05) is 4.90 Å². The number of halogens is 3. The van der Waals surface area contributed by atoms with Gasteiger partial charge in [0.15, 0.2) is 5.65 Å². The highest BCUT2D eigenvalue weighted by Gasteiger charge is 2.38. The summed E-state index contributed by atoms with van der Waals surface area (Å²) in [6.45, 7) is 1.99. The van der Waals surface area contributed by atoms with Gasteiger partial charge in [0.25, 0.3) is 5.82 Å². The average molecular weight is 413 g/mol. The van der Waals surface area contributed by atoms with Crippen LogP contribution in [0.25, 0.3) is 5.65 Å². The molecule has 1 atom stereocenters. The average Bonchev–Trinajstić information content (AvgIpc) is 3.17. The van der Waals surface area contributed by atoms with Gasteiger partial charge in [-0.2, -0.15) is 17.7 Å². The molecule has 0 spiro atoms. The molecule has 2 saturated heterocycles. The van der Waals surface area contributed by atoms with Gasteiger partial charge >= 0.3 is 12.1 Å². The van der Waals surface area contributed by atoms with E-state index in [0.29, 0.717) is 42.9 Å². The third-order valence-corrected chi connectivity index (χ3v) is 5.34. The van der Waals surface area contributed by atoms with Crippen molar-refractivity contribution < 1.29 is 27.4 Å². The number of rotatable bonds is 4. The lowest BCUT2D eigenvalue weighted by Gasteiger charge is -2.32. The Morgan fingerprint density at radius 3 is 2.66 bits per heavy atom. The third-order valence-electron chi connectivity index (χ3n) is 5.34. The Hall–Kier alpha value is -2.43. The zero-order valence-electron chi connectivity index (χ0n) is 15.8. The smallest absolute Gasteiger partial charge is 0.453 e. The number of alkyl halides is 3. The lowest BCUT2D eigenvalue weighted by molar-refractivity contribution is -0.154. The number of carbonyl (C=O) groups is 1. The van der Waals surface area contributed by atoms with Crippen LogP contribution in [0.15, 0.2) is 12.1 Å². The van der Waals surface area contributed by atoms with Crippen LogP contribution in [0.5, 0.6) is 0 Å². The van der Waals surface area contributed by atoms with E-state index in [-0.39, 0.29) is 30.2 Å². The number of fused-ring (bicyclic) bond motifs is 1. The summed E-state index contributed by atoms with van der Waals surface area (Å²) in [7, 11) is 0. The van der Waals surface area contributed by atoms with Crippen LogP contribution in [-0.2, 0) is 20.4 Å². The maximum absolute atomic E-state index is 13.0. The summed E-state index contributed by atoms with van der Waals surface area (Å²) >= 11 is 0. The monoisotopic (exact) mass is 413 g/mol. The van der Waals surface area contributed by atoms with Gasteiger partial charge in [-0.25, -0.2) is 0 Å². The minimum Gasteiger partial charge on any atom is -0.463 e. The number of nitrogens with zero attached hydrogens (tertiary/aromatic N) is 5. The minimum atomic E-state index is -4.64. The van der Waals surface area contributed by atoms with Gasteiger partial charge in [0, 0.05) is 19.7 Å². The van der Waals surface area contributed by atoms with Gasteiger partial charge in [0.1, 0.15) is 12.4 Å². The highest BCUT2D eigenvalue weighted by molar-refractivity contribution is 5.72. The molecule has 2 aromatic heterocycles. The molecule has 0 amide bonds. The number of anilines is 1. The molecule has 0 radical (unpaired) electrons. The van der Waals surface area contributed by atoms with E-state index in [1.165, 1.54) is 6.07 Å². The summed E-state index contributed by atoms with van der Waals surface area (Å²) in [6, 6.07) is 3.07. The summed E-state index contributed by atoms with van der Waals surface area (Å²) in [5.41, 5.74) is 0.0319. The standard InChI is InChI=1S/C18H22F3N5O3/c19-18(20,21)17-23-22-14-4-5-15(24-26(14)17)25-8-6-12(7-9-25)16(27)29-11-13-3-1-2-10-28-13/h4-5,12-13H,1-3,6-11H2. The SMILES string of the molecule is O=C(OCC1CCCCO1)C1CCN(c2ccc3nnc(C(F)(F)F)n3n2)CC1. The number of ether oxygens (including phenoxy) is 2. The Bertz CT molecular complexity index is 858. The zero-order valence-corrected chi connectivity index (χ0v) is 15.8. The van der Waals surface area contributed by atoms with Gasteiger partial charge in [-0.15, -0.1) is 15.3 Å². The quantitative estimate of drug-likeness (QED) is 0.712. The molecule has 158 valence electrons. The Morgan fingerprint density at radius 1 is 1.17 bits per heavy atom. The fourth-order valence-corrected chi connectivity index (χ4v) is 3.70. The van der Waals surface area contributed by atoms with Crippen molar-refractivity contribution in [2.24, 2.45) is 5.92 Å². The van der Waals surface area contributed by atoms with Crippen LogP contribution >= 0.6 is 0 Å². The van der Waals surface area contributed by atoms with Gasteiger partial charge in [-0.3, -0.25) is 4.79 Å². The second kappa shape index (κ2) is 8.13. The van der Waals surface area contributed by atoms with Crippen LogP contribution in [0, 0.1) is 5.92 Å². The first-order chi connectivity index (χ1) is 13.9. The summed E-state index contributed by atoms with van der Waals surface area (Å²) in [5.74, 6) is -1.22. The van der Waals surface area contributed by atoms with Crippen molar-refractivity contribution in [3.05, 3.63) is 18.0 Å². The fourth-order valence-electron chi connectivity index (χ4n) is 3.70. The van der Waals surface area contributed by atoms with E-state index in [0.717, 1.165) is 19.3 Å². The van der Waals surface area contributed by atoms with Crippen molar-refractivity contribution >= 4 is 17.4 Å². The highest BCUT2D eigenvalue weighted by Crippen LogP contribution is 2.29. The normalized spacial score (nSPS) is 21.5. The zero-order chi connectivity index (χ0) is 20.4. The number of hydrogen-bond acceptors (Lipinski definition) is 7. The molecule has 29 heavy (non-hydrogen) atoms. The molecule has 2 fully saturated rings. The van der Waals surface area contributed by atoms with Crippen LogP contribution in [0.3, 0.4) is 0 Å². The second-order valence-electron chi connectivity index (χ2n) is 7.36. The molecule has 8 nitrogen and oxygen atoms in total. The molecule has 0 N–H and O–H groups in total. The Labute approximate surface area is 165 Å². The molecule has 4 rings (SSSR count). The lowest BCUT2D eigenvalue weighted by Crippen LogP contribution is -2.38. The van der Waals surface area contributed by atoms with E-state index in [2.05, 4.69) is 15.3 Å². The van der Waals surface area contributed by atoms with E-state index in [4.69, 9.17) is 9.47 Å². The van der Waals surface area contributed by atoms with Crippen LogP contribution in [0.1, 0.15) is 37.9 Å². The number of hydrogen-bond donors (Lipinski definition) is 0. The van der Waals surface area contributed by atoms with Crippen molar-refractivity contribution in [1.29, 1.82) is 0 Å². The molecule has 1 unspecified atom stereocenters. The predicted molar refractivity (Wildman–Crippen MR) is 95.3 cm³/mol. The molecule has 0 aliphatic carbocycles. The largest absolute Gasteiger partial charge is 0.463 e. The molecular weight excluding hydrogens is 391 g/mol. The summed E-state index contributed by atoms with van der Waals surface area (Å²) in [5, 5.41) is 10.7. The van der Waals surface area contributed by atoms with Gasteiger partial charge in [0.2, 0.25) is 0 Å². The molecule has 11 heteroatoms. The van der Waals surface area contributed by atoms with E-state index in [9.17, 15) is 18.0 Å². The van der Waals surface area contributed by atoms with Crippen LogP contribution in [0.4, 0.5) is 19.0 Å². The molecule has 2 aliphatic heterocycles. The van der Waals surface area contributed by atoms with Crippen molar-refractivity contribution in [2.75, 3.05) is 31.2 Å². The van der Waals surface area contributed by atoms with Crippen molar-refractivity contribution in [3.8, 4) is 0 Å². The Balaban J connectivity index is 1.35. The summed E-state index contributed by atoms with van der Waals surface area (Å²) in [6.07, 6.45) is -0.512. The molecular formula is C18H22F3N5O3. The molecule has 2 aromatic rings. The van der Waals surface area contributed by atoms with Crippen LogP contribution < -0.4 is 4.90 Å². The molecule has 0 aromatic carbocycles. The predicted octanol–water partition coefficient (Wildman–Crippen LogP) is 2.47. The maximum Gasteiger partial charge on any atom is 0.453 e. The van der Waals surface area contributed by atoms with Gasteiger partial charge in [0.05, 0.1) is 12.0 Å². The number of carbonyl (C=O) groups excluding carboxylic acids is 1. The van der Waals surface area contributed by atoms with Crippen molar-refractivity contribution in [1.82, 2.24) is 19.8 Å². The molecule has 4 heterocycles. The van der Waals surface area contributed by atoms with Gasteiger partial charge < -0.3 is 14.4 Å². The fraction of sp³-hybridized carbons (Fsp3) is 0.667. The first-order valence-corrected chi connectivity index (χ1v) is 9.74.